The zero-order chi connectivity index (χ0) is 15.4. The van der Waals surface area contributed by atoms with E-state index < -0.39 is 5.97 Å². The molecule has 0 aliphatic carbocycles. The molecule has 0 amide bonds. The van der Waals surface area contributed by atoms with Gasteiger partial charge in [-0.15, -0.1) is 0 Å². The quantitative estimate of drug-likeness (QED) is 0.493. The van der Waals surface area contributed by atoms with Gasteiger partial charge in [0.25, 0.3) is 0 Å². The van der Waals surface area contributed by atoms with E-state index in [0.29, 0.717) is 23.0 Å². The summed E-state index contributed by atoms with van der Waals surface area (Å²) in [5.41, 5.74) is 0.821. The van der Waals surface area contributed by atoms with Crippen molar-refractivity contribution in [2.75, 3.05) is 13.9 Å². The number of rotatable bonds is 4. The van der Waals surface area contributed by atoms with Crippen LogP contribution in [0, 0.1) is 0 Å². The van der Waals surface area contributed by atoms with E-state index in [1.807, 2.05) is 6.07 Å². The van der Waals surface area contributed by atoms with Gasteiger partial charge in [-0.25, -0.2) is 4.79 Å². The van der Waals surface area contributed by atoms with Crippen LogP contribution in [0.5, 0.6) is 23.0 Å². The van der Waals surface area contributed by atoms with Crippen molar-refractivity contribution in [3.8, 4) is 23.0 Å². The van der Waals surface area contributed by atoms with Crippen molar-refractivity contribution in [3.05, 3.63) is 54.1 Å². The molecule has 22 heavy (non-hydrogen) atoms. The molecule has 0 radical (unpaired) electrons. The second-order valence-electron chi connectivity index (χ2n) is 4.52. The maximum atomic E-state index is 11.9. The number of carbonyl (C=O) groups is 1. The third kappa shape index (κ3) is 3.03. The molecule has 1 aliphatic rings. The molecule has 5 heteroatoms. The fourth-order valence-corrected chi connectivity index (χ4v) is 2.03. The summed E-state index contributed by atoms with van der Waals surface area (Å²) in [6.45, 7) is 0.221. The van der Waals surface area contributed by atoms with E-state index >= 15 is 0 Å². The van der Waals surface area contributed by atoms with Crippen LogP contribution < -0.4 is 18.9 Å². The number of methoxy groups -OCH3 is 1. The van der Waals surface area contributed by atoms with Crippen LogP contribution in [0.15, 0.2) is 48.5 Å². The van der Waals surface area contributed by atoms with Gasteiger partial charge < -0.3 is 18.9 Å². The number of hydrogen-bond acceptors (Lipinski definition) is 5. The normalized spacial score (nSPS) is 12.4. The molecule has 5 nitrogen and oxygen atoms in total. The summed E-state index contributed by atoms with van der Waals surface area (Å²) in [6.07, 6.45) is 3.00. The number of esters is 1. The van der Waals surface area contributed by atoms with Gasteiger partial charge in [0.05, 0.1) is 7.11 Å². The lowest BCUT2D eigenvalue weighted by Gasteiger charge is -2.06. The average Bonchev–Trinajstić information content (AvgIpc) is 3.01. The third-order valence-corrected chi connectivity index (χ3v) is 3.09. The first-order valence-electron chi connectivity index (χ1n) is 6.69. The maximum absolute atomic E-state index is 11.9. The molecule has 3 rings (SSSR count). The Morgan fingerprint density at radius 2 is 1.86 bits per heavy atom. The van der Waals surface area contributed by atoms with E-state index in [2.05, 4.69) is 0 Å². The molecule has 0 bridgehead atoms. The third-order valence-electron chi connectivity index (χ3n) is 3.09. The topological polar surface area (TPSA) is 54.0 Å². The standard InChI is InChI=1S/C17H14O5/c1-19-13-4-2-3-5-15(13)22-17(18)9-7-12-6-8-14-16(10-12)21-11-20-14/h2-10H,11H2,1H3/b9-7+. The summed E-state index contributed by atoms with van der Waals surface area (Å²) in [7, 11) is 1.52. The van der Waals surface area contributed by atoms with Gasteiger partial charge in [-0.05, 0) is 35.9 Å². The Kier molecular flexibility index (Phi) is 3.96. The molecule has 0 fully saturated rings. The minimum absolute atomic E-state index is 0.221. The number of hydrogen-bond donors (Lipinski definition) is 0. The minimum atomic E-state index is -0.484. The summed E-state index contributed by atoms with van der Waals surface area (Å²) in [5.74, 6) is 1.77. The number of fused-ring (bicyclic) bond motifs is 1. The Hall–Kier alpha value is -2.95. The van der Waals surface area contributed by atoms with Crippen LogP contribution in [0.4, 0.5) is 0 Å². The summed E-state index contributed by atoms with van der Waals surface area (Å²) in [6, 6.07) is 12.4. The molecule has 0 aromatic heterocycles. The lowest BCUT2D eigenvalue weighted by molar-refractivity contribution is -0.129. The number of para-hydroxylation sites is 2. The van der Waals surface area contributed by atoms with Crippen molar-refractivity contribution in [3.63, 3.8) is 0 Å². The first-order chi connectivity index (χ1) is 10.8. The summed E-state index contributed by atoms with van der Waals surface area (Å²) in [5, 5.41) is 0. The SMILES string of the molecule is COc1ccccc1OC(=O)/C=C/c1ccc2c(c1)OCO2. The van der Waals surface area contributed by atoms with E-state index in [-0.39, 0.29) is 6.79 Å². The van der Waals surface area contributed by atoms with Gasteiger partial charge in [0, 0.05) is 6.08 Å². The molecule has 0 atom stereocenters. The van der Waals surface area contributed by atoms with Gasteiger partial charge in [0.1, 0.15) is 0 Å². The van der Waals surface area contributed by atoms with E-state index in [4.69, 9.17) is 18.9 Å². The number of benzene rings is 2. The summed E-state index contributed by atoms with van der Waals surface area (Å²) >= 11 is 0. The Balaban J connectivity index is 1.69. The van der Waals surface area contributed by atoms with Gasteiger partial charge in [-0.2, -0.15) is 0 Å². The Labute approximate surface area is 127 Å². The first kappa shape index (κ1) is 14.0. The van der Waals surface area contributed by atoms with E-state index in [9.17, 15) is 4.79 Å². The monoisotopic (exact) mass is 298 g/mol. The van der Waals surface area contributed by atoms with Crippen molar-refractivity contribution < 1.29 is 23.7 Å². The number of ether oxygens (including phenoxy) is 4. The fraction of sp³-hybridized carbons (Fsp3) is 0.118. The van der Waals surface area contributed by atoms with E-state index in [1.54, 1.807) is 42.5 Å². The zero-order valence-electron chi connectivity index (χ0n) is 11.9. The largest absolute Gasteiger partial charge is 0.493 e. The highest BCUT2D eigenvalue weighted by atomic mass is 16.7. The van der Waals surface area contributed by atoms with Crippen LogP contribution >= 0.6 is 0 Å². The van der Waals surface area contributed by atoms with Gasteiger partial charge in [-0.3, -0.25) is 0 Å². The van der Waals surface area contributed by atoms with E-state index in [0.717, 1.165) is 5.56 Å². The predicted molar refractivity (Wildman–Crippen MR) is 80.2 cm³/mol. The van der Waals surface area contributed by atoms with Crippen LogP contribution in [0.25, 0.3) is 6.08 Å². The van der Waals surface area contributed by atoms with Crippen LogP contribution in [-0.4, -0.2) is 19.9 Å². The van der Waals surface area contributed by atoms with Gasteiger partial charge >= 0.3 is 5.97 Å². The number of carbonyl (C=O) groups excluding carboxylic acids is 1. The van der Waals surface area contributed by atoms with Crippen LogP contribution in [0.2, 0.25) is 0 Å². The highest BCUT2D eigenvalue weighted by Crippen LogP contribution is 2.32. The van der Waals surface area contributed by atoms with Crippen molar-refractivity contribution in [2.45, 2.75) is 0 Å². The molecule has 0 unspecified atom stereocenters. The van der Waals surface area contributed by atoms with Crippen LogP contribution in [0.1, 0.15) is 5.56 Å². The Morgan fingerprint density at radius 1 is 1.09 bits per heavy atom. The highest BCUT2D eigenvalue weighted by Gasteiger charge is 2.12. The molecule has 0 saturated heterocycles. The maximum Gasteiger partial charge on any atom is 0.336 e. The molecule has 0 N–H and O–H groups in total. The van der Waals surface area contributed by atoms with Gasteiger partial charge in [0.15, 0.2) is 23.0 Å². The van der Waals surface area contributed by atoms with Crippen LogP contribution in [-0.2, 0) is 4.79 Å². The second-order valence-corrected chi connectivity index (χ2v) is 4.52. The molecule has 2 aromatic carbocycles. The molecule has 0 spiro atoms. The second kappa shape index (κ2) is 6.22. The van der Waals surface area contributed by atoms with Crippen LogP contribution in [0.3, 0.4) is 0 Å². The average molecular weight is 298 g/mol. The Morgan fingerprint density at radius 3 is 2.68 bits per heavy atom. The van der Waals surface area contributed by atoms with Gasteiger partial charge in [0.2, 0.25) is 6.79 Å². The highest BCUT2D eigenvalue weighted by molar-refractivity contribution is 5.89. The lowest BCUT2D eigenvalue weighted by atomic mass is 10.2. The molecule has 112 valence electrons. The van der Waals surface area contributed by atoms with Crippen molar-refractivity contribution in [2.24, 2.45) is 0 Å². The summed E-state index contributed by atoms with van der Waals surface area (Å²) < 4.78 is 20.9. The van der Waals surface area contributed by atoms with E-state index in [1.165, 1.54) is 13.2 Å². The molecule has 1 heterocycles. The predicted octanol–water partition coefficient (Wildman–Crippen LogP) is 3.04. The van der Waals surface area contributed by atoms with Gasteiger partial charge in [-0.1, -0.05) is 18.2 Å². The van der Waals surface area contributed by atoms with Crippen molar-refractivity contribution in [1.29, 1.82) is 0 Å². The lowest BCUT2D eigenvalue weighted by Crippen LogP contribution is -2.04. The first-order valence-corrected chi connectivity index (χ1v) is 6.69. The Bertz CT molecular complexity index is 721. The smallest absolute Gasteiger partial charge is 0.336 e. The van der Waals surface area contributed by atoms with Crippen molar-refractivity contribution in [1.82, 2.24) is 0 Å². The molecular weight excluding hydrogens is 284 g/mol. The molecule has 0 saturated carbocycles. The minimum Gasteiger partial charge on any atom is -0.493 e. The fourth-order valence-electron chi connectivity index (χ4n) is 2.03. The summed E-state index contributed by atoms with van der Waals surface area (Å²) in [4.78, 5) is 11.9. The molecule has 1 aliphatic heterocycles. The molecule has 2 aromatic rings. The zero-order valence-corrected chi connectivity index (χ0v) is 11.9. The van der Waals surface area contributed by atoms with Crippen molar-refractivity contribution >= 4 is 12.0 Å². The molecular formula is C17H14O5.